The average molecular weight is 312 g/mol. The molecule has 0 saturated heterocycles. The fourth-order valence-electron chi connectivity index (χ4n) is 1.99. The molecule has 0 bridgehead atoms. The lowest BCUT2D eigenvalue weighted by Crippen LogP contribution is -1.91. The largest absolute Gasteiger partial charge is 0.508 e. The van der Waals surface area contributed by atoms with Crippen LogP contribution in [-0.2, 0) is 6.42 Å². The van der Waals surface area contributed by atoms with Crippen LogP contribution in [0, 0.1) is 21.4 Å². The van der Waals surface area contributed by atoms with Crippen LogP contribution in [0.4, 0.5) is 17.1 Å². The molecule has 116 valence electrons. The molecule has 0 saturated carbocycles. The first-order valence-corrected chi connectivity index (χ1v) is 6.62. The lowest BCUT2D eigenvalue weighted by molar-refractivity contribution is -0.385. The molecule has 2 aromatic carbocycles. The van der Waals surface area contributed by atoms with Crippen molar-refractivity contribution in [1.82, 2.24) is 0 Å². The Hall–Kier alpha value is -3.47. The second-order valence-electron chi connectivity index (χ2n) is 4.55. The van der Waals surface area contributed by atoms with Crippen molar-refractivity contribution < 1.29 is 15.1 Å². The Morgan fingerprint density at radius 2 is 2.00 bits per heavy atom. The molecule has 0 aliphatic carbocycles. The molecule has 2 rings (SSSR count). The van der Waals surface area contributed by atoms with E-state index in [0.717, 1.165) is 0 Å². The van der Waals surface area contributed by atoms with Gasteiger partial charge in [-0.15, -0.1) is 5.11 Å². The van der Waals surface area contributed by atoms with E-state index in [1.165, 1.54) is 30.3 Å². The van der Waals surface area contributed by atoms with Gasteiger partial charge < -0.3 is 10.2 Å². The molecule has 8 heteroatoms. The molecule has 8 nitrogen and oxygen atoms in total. The summed E-state index contributed by atoms with van der Waals surface area (Å²) in [5.41, 5.74) is 0.292. The van der Waals surface area contributed by atoms with Crippen molar-refractivity contribution in [3.8, 4) is 17.6 Å². The molecule has 0 aliphatic heterocycles. The zero-order valence-corrected chi connectivity index (χ0v) is 12.1. The van der Waals surface area contributed by atoms with E-state index in [2.05, 4.69) is 10.2 Å². The van der Waals surface area contributed by atoms with Gasteiger partial charge >= 0.3 is 0 Å². The van der Waals surface area contributed by atoms with Gasteiger partial charge in [0.25, 0.3) is 5.69 Å². The second-order valence-corrected chi connectivity index (χ2v) is 4.55. The predicted octanol–water partition coefficient (Wildman–Crippen LogP) is 3.86. The fourth-order valence-corrected chi connectivity index (χ4v) is 1.99. The minimum absolute atomic E-state index is 0.0361. The number of benzene rings is 2. The molecule has 2 N–H and O–H groups in total. The Morgan fingerprint density at radius 1 is 1.26 bits per heavy atom. The van der Waals surface area contributed by atoms with Gasteiger partial charge in [0, 0.05) is 11.6 Å². The molecular weight excluding hydrogens is 300 g/mol. The topological polar surface area (TPSA) is 132 Å². The zero-order valence-electron chi connectivity index (χ0n) is 12.1. The van der Waals surface area contributed by atoms with Crippen molar-refractivity contribution in [2.24, 2.45) is 10.2 Å². The van der Waals surface area contributed by atoms with E-state index in [0.29, 0.717) is 12.0 Å². The van der Waals surface area contributed by atoms with Crippen LogP contribution in [0.3, 0.4) is 0 Å². The van der Waals surface area contributed by atoms with Gasteiger partial charge in [-0.3, -0.25) is 10.1 Å². The van der Waals surface area contributed by atoms with Crippen LogP contribution < -0.4 is 0 Å². The monoisotopic (exact) mass is 312 g/mol. The molecule has 23 heavy (non-hydrogen) atoms. The van der Waals surface area contributed by atoms with Crippen LogP contribution in [0.15, 0.2) is 40.6 Å². The number of phenolic OH excluding ortho intramolecular Hbond substituents is 2. The molecular formula is C15H12N4O4. The molecule has 0 fully saturated rings. The van der Waals surface area contributed by atoms with E-state index in [1.807, 2.05) is 0 Å². The highest BCUT2D eigenvalue weighted by molar-refractivity contribution is 5.60. The molecule has 0 radical (unpaired) electrons. The highest BCUT2D eigenvalue weighted by atomic mass is 16.6. The van der Waals surface area contributed by atoms with Gasteiger partial charge in [-0.25, -0.2) is 0 Å². The van der Waals surface area contributed by atoms with Crippen molar-refractivity contribution in [3.63, 3.8) is 0 Å². The third-order valence-electron chi connectivity index (χ3n) is 3.16. The number of hydrogen-bond donors (Lipinski definition) is 2. The lowest BCUT2D eigenvalue weighted by Gasteiger charge is -2.06. The third-order valence-corrected chi connectivity index (χ3v) is 3.16. The first kappa shape index (κ1) is 15.9. The number of nitro groups is 1. The van der Waals surface area contributed by atoms with Crippen molar-refractivity contribution in [2.45, 2.75) is 13.3 Å². The Bertz CT molecular complexity index is 840. The second kappa shape index (κ2) is 6.53. The Kier molecular flexibility index (Phi) is 4.52. The molecule has 0 aromatic heterocycles. The molecule has 0 heterocycles. The van der Waals surface area contributed by atoms with Crippen molar-refractivity contribution >= 4 is 17.1 Å². The van der Waals surface area contributed by atoms with Gasteiger partial charge in [-0.1, -0.05) is 6.92 Å². The van der Waals surface area contributed by atoms with Crippen LogP contribution in [0.25, 0.3) is 0 Å². The number of rotatable bonds is 4. The van der Waals surface area contributed by atoms with Gasteiger partial charge in [-0.05, 0) is 30.7 Å². The molecule has 0 amide bonds. The van der Waals surface area contributed by atoms with Crippen LogP contribution in [-0.4, -0.2) is 15.1 Å². The maximum atomic E-state index is 10.8. The summed E-state index contributed by atoms with van der Waals surface area (Å²) < 4.78 is 0. The minimum Gasteiger partial charge on any atom is -0.508 e. The molecule has 2 aromatic rings. The molecule has 0 unspecified atom stereocenters. The SMILES string of the molecule is CCc1c(O)ccc(N=Nc2ccc([N+](=O)[O-])c(C#N)c2)c1O. The van der Waals surface area contributed by atoms with E-state index in [9.17, 15) is 20.3 Å². The minimum atomic E-state index is -0.654. The van der Waals surface area contributed by atoms with Crippen LogP contribution >= 0.6 is 0 Å². The number of nitrogens with zero attached hydrogens (tertiary/aromatic N) is 4. The van der Waals surface area contributed by atoms with Gasteiger partial charge in [0.1, 0.15) is 28.8 Å². The first-order chi connectivity index (χ1) is 11.0. The van der Waals surface area contributed by atoms with Crippen LogP contribution in [0.2, 0.25) is 0 Å². The number of azo groups is 1. The lowest BCUT2D eigenvalue weighted by atomic mass is 10.1. The normalized spacial score (nSPS) is 10.6. The Morgan fingerprint density at radius 3 is 2.61 bits per heavy atom. The van der Waals surface area contributed by atoms with Gasteiger partial charge in [-0.2, -0.15) is 10.4 Å². The molecule has 0 spiro atoms. The van der Waals surface area contributed by atoms with E-state index in [4.69, 9.17) is 5.26 Å². The summed E-state index contributed by atoms with van der Waals surface area (Å²) in [4.78, 5) is 10.1. The third kappa shape index (κ3) is 3.24. The fraction of sp³-hybridized carbons (Fsp3) is 0.133. The van der Waals surface area contributed by atoms with Crippen molar-refractivity contribution in [1.29, 1.82) is 5.26 Å². The Balaban J connectivity index is 2.38. The smallest absolute Gasteiger partial charge is 0.287 e. The van der Waals surface area contributed by atoms with Crippen molar-refractivity contribution in [3.05, 3.63) is 51.6 Å². The summed E-state index contributed by atoms with van der Waals surface area (Å²) in [7, 11) is 0. The number of nitriles is 1. The van der Waals surface area contributed by atoms with E-state index in [-0.39, 0.29) is 34.1 Å². The van der Waals surface area contributed by atoms with Crippen molar-refractivity contribution in [2.75, 3.05) is 0 Å². The van der Waals surface area contributed by atoms with Crippen LogP contribution in [0.1, 0.15) is 18.1 Å². The first-order valence-electron chi connectivity index (χ1n) is 6.62. The maximum Gasteiger partial charge on any atom is 0.287 e. The van der Waals surface area contributed by atoms with Gasteiger partial charge in [0.2, 0.25) is 0 Å². The summed E-state index contributed by atoms with van der Waals surface area (Å²) in [6, 6.07) is 8.26. The van der Waals surface area contributed by atoms with E-state index < -0.39 is 4.92 Å². The van der Waals surface area contributed by atoms with E-state index in [1.54, 1.807) is 13.0 Å². The van der Waals surface area contributed by atoms with Crippen LogP contribution in [0.5, 0.6) is 11.5 Å². The maximum absolute atomic E-state index is 10.8. The number of nitro benzene ring substituents is 1. The Labute approximate surface area is 131 Å². The highest BCUT2D eigenvalue weighted by Crippen LogP contribution is 2.37. The summed E-state index contributed by atoms with van der Waals surface area (Å²) in [6.07, 6.45) is 0.414. The molecule has 0 atom stereocenters. The zero-order chi connectivity index (χ0) is 17.0. The van der Waals surface area contributed by atoms with E-state index >= 15 is 0 Å². The quantitative estimate of drug-likeness (QED) is 0.502. The summed E-state index contributed by atoms with van der Waals surface area (Å²) in [5, 5.41) is 47.0. The standard InChI is InChI=1S/C15H12N4O4/c1-2-11-14(20)6-4-12(15(11)21)18-17-10-3-5-13(19(22)23)9(7-10)8-16/h3-7,20-21H,2H2,1H3. The average Bonchev–Trinajstić information content (AvgIpc) is 2.54. The number of hydrogen-bond acceptors (Lipinski definition) is 7. The number of phenols is 2. The summed E-state index contributed by atoms with van der Waals surface area (Å²) in [6.45, 7) is 1.77. The molecule has 0 aliphatic rings. The predicted molar refractivity (Wildman–Crippen MR) is 81.1 cm³/mol. The summed E-state index contributed by atoms with van der Waals surface area (Å²) in [5.74, 6) is -0.218. The highest BCUT2D eigenvalue weighted by Gasteiger charge is 2.14. The van der Waals surface area contributed by atoms with Gasteiger partial charge in [0.15, 0.2) is 0 Å². The number of aromatic hydroxyl groups is 2. The van der Waals surface area contributed by atoms with Gasteiger partial charge in [0.05, 0.1) is 10.6 Å². The summed E-state index contributed by atoms with van der Waals surface area (Å²) >= 11 is 0.